The van der Waals surface area contributed by atoms with E-state index in [9.17, 15) is 24.6 Å². The van der Waals surface area contributed by atoms with E-state index in [1.54, 1.807) is 65.0 Å². The minimum absolute atomic E-state index is 0.0722. The number of carbonyl (C=O) groups is 3. The summed E-state index contributed by atoms with van der Waals surface area (Å²) in [6.07, 6.45) is 0.925. The second-order valence-electron chi connectivity index (χ2n) is 11.1. The Morgan fingerprint density at radius 2 is 1.56 bits per heavy atom. The molecule has 9 nitrogen and oxygen atoms in total. The van der Waals surface area contributed by atoms with Crippen LogP contribution in [-0.4, -0.2) is 56.7 Å². The van der Waals surface area contributed by atoms with Crippen molar-refractivity contribution in [2.75, 3.05) is 0 Å². The van der Waals surface area contributed by atoms with Crippen molar-refractivity contribution in [3.63, 3.8) is 0 Å². The highest BCUT2D eigenvalue weighted by atomic mass is 16.6. The van der Waals surface area contributed by atoms with Crippen molar-refractivity contribution in [1.82, 2.24) is 15.5 Å². The number of rotatable bonds is 11. The quantitative estimate of drug-likeness (QED) is 0.323. The van der Waals surface area contributed by atoms with Gasteiger partial charge in [0, 0.05) is 24.1 Å². The molecule has 39 heavy (non-hydrogen) atoms. The van der Waals surface area contributed by atoms with Crippen LogP contribution in [0.15, 0.2) is 48.5 Å². The van der Waals surface area contributed by atoms with Gasteiger partial charge in [-0.15, -0.1) is 0 Å². The third kappa shape index (κ3) is 9.50. The van der Waals surface area contributed by atoms with Crippen LogP contribution in [0.4, 0.5) is 4.79 Å². The molecular weight excluding hydrogens is 498 g/mol. The fourth-order valence-corrected chi connectivity index (χ4v) is 4.34. The Morgan fingerprint density at radius 1 is 0.949 bits per heavy atom. The summed E-state index contributed by atoms with van der Waals surface area (Å²) in [6.45, 7) is 12.6. The van der Waals surface area contributed by atoms with Crippen molar-refractivity contribution in [3.05, 3.63) is 59.7 Å². The maximum atomic E-state index is 14.2. The van der Waals surface area contributed by atoms with Gasteiger partial charge in [0.25, 0.3) is 0 Å². The average Bonchev–Trinajstić information content (AvgIpc) is 2.82. The Morgan fingerprint density at radius 3 is 2.10 bits per heavy atom. The summed E-state index contributed by atoms with van der Waals surface area (Å²) in [7, 11) is 0. The number of ether oxygens (including phenoxy) is 1. The molecule has 9 heteroatoms. The number of nitrogens with one attached hydrogen (secondary N) is 2. The van der Waals surface area contributed by atoms with Gasteiger partial charge < -0.3 is 30.5 Å². The second-order valence-corrected chi connectivity index (χ2v) is 11.1. The Balaban J connectivity index is 2.55. The van der Waals surface area contributed by atoms with E-state index in [0.29, 0.717) is 5.56 Å². The number of benzene rings is 2. The summed E-state index contributed by atoms with van der Waals surface area (Å²) in [5.74, 6) is -0.993. The molecule has 0 heterocycles. The number of carbonyl (C=O) groups excluding carboxylic acids is 3. The molecule has 0 radical (unpaired) electrons. The second kappa shape index (κ2) is 13.9. The number of hydrogen-bond acceptors (Lipinski definition) is 6. The van der Waals surface area contributed by atoms with Crippen LogP contribution in [-0.2, 0) is 20.7 Å². The number of amides is 3. The summed E-state index contributed by atoms with van der Waals surface area (Å²) in [5.41, 5.74) is 0.175. The summed E-state index contributed by atoms with van der Waals surface area (Å²) in [4.78, 5) is 42.1. The highest BCUT2D eigenvalue weighted by Crippen LogP contribution is 2.31. The standard InChI is InChI=1S/C30H43N3O6/c1-8-11-20(4)31-27(36)26(23-12-9-10-13-25(23)35)33(19(2)3)28(37)24(32-29(38)39-30(5,6)7)18-21-14-16-22(34)17-15-21/h9-10,12-17,19-20,24,26,34-35H,8,11,18H2,1-7H3,(H,31,36)(H,32,38). The molecule has 2 rings (SSSR count). The molecule has 0 saturated heterocycles. The molecule has 0 aliphatic carbocycles. The fourth-order valence-electron chi connectivity index (χ4n) is 4.34. The van der Waals surface area contributed by atoms with Gasteiger partial charge in [0.15, 0.2) is 0 Å². The molecular formula is C30H43N3O6. The highest BCUT2D eigenvalue weighted by molar-refractivity contribution is 5.93. The van der Waals surface area contributed by atoms with E-state index in [0.717, 1.165) is 12.8 Å². The first-order valence-corrected chi connectivity index (χ1v) is 13.4. The third-order valence-corrected chi connectivity index (χ3v) is 6.04. The molecule has 0 aliphatic rings. The number of phenolic OH excluding ortho intramolecular Hbond substituents is 2. The maximum Gasteiger partial charge on any atom is 0.408 e. The molecule has 2 aromatic carbocycles. The number of nitrogens with zero attached hydrogens (tertiary/aromatic N) is 1. The monoisotopic (exact) mass is 541 g/mol. The fraction of sp³-hybridized carbons (Fsp3) is 0.500. The van der Waals surface area contributed by atoms with Gasteiger partial charge in [0.05, 0.1) is 0 Å². The number of aromatic hydroxyl groups is 2. The van der Waals surface area contributed by atoms with E-state index in [4.69, 9.17) is 4.74 Å². The molecule has 0 aromatic heterocycles. The normalized spacial score (nSPS) is 13.7. The number of phenols is 2. The van der Waals surface area contributed by atoms with Gasteiger partial charge in [-0.05, 0) is 71.7 Å². The van der Waals surface area contributed by atoms with Gasteiger partial charge in [-0.2, -0.15) is 0 Å². The minimum Gasteiger partial charge on any atom is -0.508 e. The zero-order valence-corrected chi connectivity index (χ0v) is 24.0. The van der Waals surface area contributed by atoms with Gasteiger partial charge in [0.1, 0.15) is 29.2 Å². The van der Waals surface area contributed by atoms with Gasteiger partial charge in [-0.3, -0.25) is 9.59 Å². The van der Waals surface area contributed by atoms with Gasteiger partial charge in [0.2, 0.25) is 11.8 Å². The lowest BCUT2D eigenvalue weighted by molar-refractivity contribution is -0.144. The van der Waals surface area contributed by atoms with Gasteiger partial charge in [-0.1, -0.05) is 43.7 Å². The van der Waals surface area contributed by atoms with Crippen LogP contribution in [0, 0.1) is 0 Å². The van der Waals surface area contributed by atoms with E-state index in [-0.39, 0.29) is 29.5 Å². The Hall–Kier alpha value is -3.75. The Labute approximate surface area is 231 Å². The molecule has 0 bridgehead atoms. The van der Waals surface area contributed by atoms with Gasteiger partial charge in [-0.25, -0.2) is 4.79 Å². The molecule has 4 N–H and O–H groups in total. The average molecular weight is 542 g/mol. The molecule has 0 aliphatic heterocycles. The van der Waals surface area contributed by atoms with Crippen molar-refractivity contribution in [2.45, 2.75) is 97.5 Å². The molecule has 214 valence electrons. The van der Waals surface area contributed by atoms with E-state index in [1.165, 1.54) is 23.1 Å². The summed E-state index contributed by atoms with van der Waals surface area (Å²) >= 11 is 0. The van der Waals surface area contributed by atoms with Gasteiger partial charge >= 0.3 is 6.09 Å². The SMILES string of the molecule is CCCC(C)NC(=O)C(c1ccccc1O)N(C(=O)C(Cc1ccc(O)cc1)NC(=O)OC(C)(C)C)C(C)C. The molecule has 3 amide bonds. The highest BCUT2D eigenvalue weighted by Gasteiger charge is 2.39. The first-order chi connectivity index (χ1) is 18.2. The van der Waals surface area contributed by atoms with Crippen LogP contribution in [0.1, 0.15) is 78.5 Å². The number of hydrogen-bond donors (Lipinski definition) is 4. The minimum atomic E-state index is -1.15. The van der Waals surface area contributed by atoms with Crippen LogP contribution >= 0.6 is 0 Å². The van der Waals surface area contributed by atoms with Crippen molar-refractivity contribution in [1.29, 1.82) is 0 Å². The Bertz CT molecular complexity index is 1110. The van der Waals surface area contributed by atoms with Crippen LogP contribution in [0.5, 0.6) is 11.5 Å². The summed E-state index contributed by atoms with van der Waals surface area (Å²) in [6, 6.07) is 9.87. The van der Waals surface area contributed by atoms with Crippen molar-refractivity contribution in [3.8, 4) is 11.5 Å². The molecule has 0 fully saturated rings. The first kappa shape index (κ1) is 31.5. The topological polar surface area (TPSA) is 128 Å². The zero-order chi connectivity index (χ0) is 29.3. The zero-order valence-electron chi connectivity index (χ0n) is 24.0. The molecule has 3 atom stereocenters. The van der Waals surface area contributed by atoms with Crippen LogP contribution in [0.3, 0.4) is 0 Å². The summed E-state index contributed by atoms with van der Waals surface area (Å²) in [5, 5.41) is 26.1. The largest absolute Gasteiger partial charge is 0.508 e. The third-order valence-electron chi connectivity index (χ3n) is 6.04. The van der Waals surface area contributed by atoms with Crippen molar-refractivity contribution < 1.29 is 29.3 Å². The van der Waals surface area contributed by atoms with Crippen LogP contribution < -0.4 is 10.6 Å². The van der Waals surface area contributed by atoms with Crippen molar-refractivity contribution in [2.24, 2.45) is 0 Å². The Kier molecular flexibility index (Phi) is 11.2. The predicted octanol–water partition coefficient (Wildman–Crippen LogP) is 4.82. The van der Waals surface area contributed by atoms with Crippen LogP contribution in [0.25, 0.3) is 0 Å². The summed E-state index contributed by atoms with van der Waals surface area (Å²) < 4.78 is 5.43. The predicted molar refractivity (Wildman–Crippen MR) is 150 cm³/mol. The van der Waals surface area contributed by atoms with E-state index in [2.05, 4.69) is 10.6 Å². The van der Waals surface area contributed by atoms with E-state index in [1.807, 2.05) is 13.8 Å². The van der Waals surface area contributed by atoms with E-state index < -0.39 is 41.6 Å². The smallest absolute Gasteiger partial charge is 0.408 e. The van der Waals surface area contributed by atoms with Crippen molar-refractivity contribution >= 4 is 17.9 Å². The number of para-hydroxylation sites is 1. The molecule has 2 aromatic rings. The molecule has 0 spiro atoms. The van der Waals surface area contributed by atoms with E-state index >= 15 is 0 Å². The van der Waals surface area contributed by atoms with Crippen LogP contribution in [0.2, 0.25) is 0 Å². The first-order valence-electron chi connectivity index (χ1n) is 13.4. The maximum absolute atomic E-state index is 14.2. The lowest BCUT2D eigenvalue weighted by Crippen LogP contribution is -2.56. The lowest BCUT2D eigenvalue weighted by Gasteiger charge is -2.37. The lowest BCUT2D eigenvalue weighted by atomic mass is 9.98. The molecule has 0 saturated carbocycles. The number of alkyl carbamates (subject to hydrolysis) is 1. The molecule has 3 unspecified atom stereocenters.